The Hall–Kier alpha value is -3.26. The quantitative estimate of drug-likeness (QED) is 0.213. The molecule has 0 spiro atoms. The second-order valence-electron chi connectivity index (χ2n) is 9.47. The summed E-state index contributed by atoms with van der Waals surface area (Å²) in [5.74, 6) is -1.51. The van der Waals surface area contributed by atoms with Crippen LogP contribution in [-0.2, 0) is 42.1 Å². The molecule has 0 aliphatic heterocycles. The summed E-state index contributed by atoms with van der Waals surface area (Å²) < 4.78 is 87.4. The van der Waals surface area contributed by atoms with Gasteiger partial charge in [-0.3, -0.25) is 0 Å². The smallest absolute Gasteiger partial charge is 0.472 e. The van der Waals surface area contributed by atoms with E-state index < -0.39 is 51.7 Å². The number of furan rings is 1. The van der Waals surface area contributed by atoms with Crippen molar-refractivity contribution in [3.05, 3.63) is 53.5 Å². The van der Waals surface area contributed by atoms with E-state index in [1.807, 2.05) is 0 Å². The van der Waals surface area contributed by atoms with E-state index in [0.717, 1.165) is 11.6 Å². The second-order valence-corrected chi connectivity index (χ2v) is 11.0. The number of halogens is 3. The highest BCUT2D eigenvalue weighted by Crippen LogP contribution is 2.31. The van der Waals surface area contributed by atoms with Crippen LogP contribution in [-0.4, -0.2) is 50.9 Å². The van der Waals surface area contributed by atoms with E-state index in [2.05, 4.69) is 9.50 Å². The summed E-state index contributed by atoms with van der Waals surface area (Å²) in [6.07, 6.45) is 1.47. The Balaban J connectivity index is 2.32. The van der Waals surface area contributed by atoms with Gasteiger partial charge in [-0.1, -0.05) is 12.1 Å². The van der Waals surface area contributed by atoms with Gasteiger partial charge in [-0.15, -0.1) is 0 Å². The van der Waals surface area contributed by atoms with Crippen LogP contribution in [0.4, 0.5) is 18.0 Å². The first-order valence-corrected chi connectivity index (χ1v) is 13.3. The van der Waals surface area contributed by atoms with E-state index in [1.165, 1.54) is 31.6 Å². The van der Waals surface area contributed by atoms with Crippen molar-refractivity contribution >= 4 is 22.2 Å². The zero-order valence-electron chi connectivity index (χ0n) is 22.2. The number of hydrogen-bond acceptors (Lipinski definition) is 9. The van der Waals surface area contributed by atoms with Crippen LogP contribution in [0.2, 0.25) is 0 Å². The van der Waals surface area contributed by atoms with Crippen LogP contribution in [0.1, 0.15) is 57.2 Å². The van der Waals surface area contributed by atoms with Gasteiger partial charge in [-0.05, 0) is 64.3 Å². The Morgan fingerprint density at radius 1 is 1.13 bits per heavy atom. The molecule has 2 unspecified atom stereocenters. The lowest BCUT2D eigenvalue weighted by atomic mass is 9.93. The number of ether oxygens (including phenoxy) is 3. The Bertz CT molecular complexity index is 1210. The summed E-state index contributed by atoms with van der Waals surface area (Å²) >= 11 is 0. The van der Waals surface area contributed by atoms with Crippen molar-refractivity contribution in [1.29, 1.82) is 0 Å². The van der Waals surface area contributed by atoms with Gasteiger partial charge in [0.2, 0.25) is 0 Å². The molecule has 0 saturated heterocycles. The summed E-state index contributed by atoms with van der Waals surface area (Å²) in [5.41, 5.74) is -5.27. The minimum atomic E-state index is -5.96. The molecule has 1 aromatic carbocycles. The van der Waals surface area contributed by atoms with E-state index in [4.69, 9.17) is 18.6 Å². The Morgan fingerprint density at radius 2 is 1.82 bits per heavy atom. The molecule has 2 atom stereocenters. The van der Waals surface area contributed by atoms with E-state index >= 15 is 0 Å². The molecule has 0 aliphatic rings. The van der Waals surface area contributed by atoms with Gasteiger partial charge < -0.3 is 28.1 Å². The third-order valence-corrected chi connectivity index (χ3v) is 6.06. The lowest BCUT2D eigenvalue weighted by Crippen LogP contribution is -2.32. The predicted molar refractivity (Wildman–Crippen MR) is 132 cm³/mol. The van der Waals surface area contributed by atoms with Crippen molar-refractivity contribution in [1.82, 2.24) is 5.32 Å². The van der Waals surface area contributed by atoms with Crippen molar-refractivity contribution in [3.63, 3.8) is 0 Å². The summed E-state index contributed by atoms with van der Waals surface area (Å²) in [7, 11) is -5.96. The normalized spacial score (nSPS) is 13.8. The Morgan fingerprint density at radius 3 is 2.38 bits per heavy atom. The highest BCUT2D eigenvalue weighted by atomic mass is 32.2. The first kappa shape index (κ1) is 32.0. The van der Waals surface area contributed by atoms with E-state index in [-0.39, 0.29) is 31.1 Å². The molecule has 14 heteroatoms. The zero-order chi connectivity index (χ0) is 29.4. The third kappa shape index (κ3) is 10.1. The molecule has 0 fully saturated rings. The molecule has 0 radical (unpaired) electrons. The summed E-state index contributed by atoms with van der Waals surface area (Å²) in [5, 5.41) is 2.38. The van der Waals surface area contributed by atoms with Gasteiger partial charge in [-0.25, -0.2) is 9.59 Å². The highest BCUT2D eigenvalue weighted by Gasteiger charge is 2.48. The summed E-state index contributed by atoms with van der Waals surface area (Å²) in [6, 6.07) is 5.56. The van der Waals surface area contributed by atoms with Crippen LogP contribution in [0.3, 0.4) is 0 Å². The fraction of sp³-hybridized carbons (Fsp3) is 0.520. The Labute approximate surface area is 224 Å². The maximum atomic E-state index is 13.0. The van der Waals surface area contributed by atoms with Crippen molar-refractivity contribution < 1.29 is 54.0 Å². The second kappa shape index (κ2) is 13.2. The van der Waals surface area contributed by atoms with E-state index in [1.54, 1.807) is 33.8 Å². The van der Waals surface area contributed by atoms with E-state index in [0.29, 0.717) is 5.56 Å². The number of carbonyl (C=O) groups excluding carboxylic acids is 2. The molecule has 39 heavy (non-hydrogen) atoms. The van der Waals surface area contributed by atoms with Crippen molar-refractivity contribution in [2.24, 2.45) is 0 Å². The average Bonchev–Trinajstić information content (AvgIpc) is 3.34. The predicted octanol–water partition coefficient (Wildman–Crippen LogP) is 4.83. The number of hydrogen-bond donors (Lipinski definition) is 1. The topological polar surface area (TPSA) is 130 Å². The monoisotopic (exact) mass is 579 g/mol. The summed E-state index contributed by atoms with van der Waals surface area (Å²) in [6.45, 7) is 7.94. The first-order valence-electron chi connectivity index (χ1n) is 11.9. The molecular weight excluding hydrogens is 547 g/mol. The minimum absolute atomic E-state index is 0.0436. The van der Waals surface area contributed by atoms with Crippen LogP contribution in [0.5, 0.6) is 5.75 Å². The molecule has 0 saturated carbocycles. The molecule has 0 bridgehead atoms. The van der Waals surface area contributed by atoms with Gasteiger partial charge in [0.05, 0.1) is 25.7 Å². The Kier molecular flexibility index (Phi) is 10.8. The van der Waals surface area contributed by atoms with Gasteiger partial charge in [0.15, 0.2) is 6.10 Å². The van der Waals surface area contributed by atoms with Crippen LogP contribution in [0.25, 0.3) is 0 Å². The SMILES string of the molecule is CCOC(=O)C(C)OCC(Cc1ccc(OS(=O)(=O)C(F)(F)F)c(CNC(=O)OC(C)(C)C)c1)c1ccoc1. The largest absolute Gasteiger partial charge is 0.534 e. The molecule has 0 aliphatic carbocycles. The third-order valence-electron chi connectivity index (χ3n) is 5.09. The van der Waals surface area contributed by atoms with Crippen molar-refractivity contribution in [3.8, 4) is 5.75 Å². The summed E-state index contributed by atoms with van der Waals surface area (Å²) in [4.78, 5) is 24.0. The minimum Gasteiger partial charge on any atom is -0.472 e. The molecule has 1 aromatic heterocycles. The van der Waals surface area contributed by atoms with E-state index in [9.17, 15) is 31.2 Å². The maximum absolute atomic E-state index is 13.0. The van der Waals surface area contributed by atoms with Crippen LogP contribution in [0.15, 0.2) is 41.2 Å². The van der Waals surface area contributed by atoms with Gasteiger partial charge in [0, 0.05) is 18.0 Å². The van der Waals surface area contributed by atoms with Crippen molar-refractivity contribution in [2.45, 2.75) is 70.7 Å². The number of nitrogens with one attached hydrogen (secondary N) is 1. The molecule has 2 aromatic rings. The fourth-order valence-electron chi connectivity index (χ4n) is 3.28. The maximum Gasteiger partial charge on any atom is 0.534 e. The van der Waals surface area contributed by atoms with Crippen molar-refractivity contribution in [2.75, 3.05) is 13.2 Å². The van der Waals surface area contributed by atoms with Crippen LogP contribution >= 0.6 is 0 Å². The molecule has 1 N–H and O–H groups in total. The number of esters is 1. The number of alkyl carbamates (subject to hydrolysis) is 1. The molecule has 218 valence electrons. The highest BCUT2D eigenvalue weighted by molar-refractivity contribution is 7.88. The fourth-order valence-corrected chi connectivity index (χ4v) is 3.77. The molecule has 1 amide bonds. The molecular formula is C25H32F3NO9S. The number of rotatable bonds is 12. The number of benzene rings is 1. The molecule has 10 nitrogen and oxygen atoms in total. The van der Waals surface area contributed by atoms with Gasteiger partial charge in [0.1, 0.15) is 11.4 Å². The molecule has 1 heterocycles. The zero-order valence-corrected chi connectivity index (χ0v) is 23.0. The standard InChI is InChI=1S/C25H32F3NO9S/c1-6-35-22(30)16(2)36-15-20(18-9-10-34-14-18)12-17-7-8-21(38-39(32,33)25(26,27)28)19(11-17)13-29-23(31)37-24(3,4)5/h7-11,14,16,20H,6,12-13,15H2,1-5H3,(H,29,31). The number of alkyl halides is 3. The molecule has 2 rings (SSSR count). The van der Waals surface area contributed by atoms with Gasteiger partial charge >= 0.3 is 27.7 Å². The lowest BCUT2D eigenvalue weighted by molar-refractivity contribution is -0.155. The first-order chi connectivity index (χ1) is 18.0. The van der Waals surface area contributed by atoms with Crippen LogP contribution < -0.4 is 9.50 Å². The number of carbonyl (C=O) groups is 2. The number of amides is 1. The lowest BCUT2D eigenvalue weighted by Gasteiger charge is -2.21. The average molecular weight is 580 g/mol. The van der Waals surface area contributed by atoms with Gasteiger partial charge in [0.25, 0.3) is 0 Å². The van der Waals surface area contributed by atoms with Crippen LogP contribution in [0, 0.1) is 0 Å². The van der Waals surface area contributed by atoms with Gasteiger partial charge in [-0.2, -0.15) is 21.6 Å².